The van der Waals surface area contributed by atoms with Gasteiger partial charge in [0.05, 0.1) is 16.8 Å². The van der Waals surface area contributed by atoms with E-state index >= 15 is 0 Å². The maximum Gasteiger partial charge on any atom is 0.262 e. The Balaban J connectivity index is 1.54. The van der Waals surface area contributed by atoms with Crippen molar-refractivity contribution in [3.63, 3.8) is 0 Å². The number of aryl methyl sites for hydroxylation is 1. The van der Waals surface area contributed by atoms with Crippen LogP contribution in [-0.4, -0.2) is 19.3 Å². The van der Waals surface area contributed by atoms with Crippen molar-refractivity contribution in [2.24, 2.45) is 0 Å². The lowest BCUT2D eigenvalue weighted by Gasteiger charge is -2.13. The molecular weight excluding hydrogens is 446 g/mol. The van der Waals surface area contributed by atoms with Crippen LogP contribution in [0.3, 0.4) is 0 Å². The molecule has 1 heterocycles. The Morgan fingerprint density at radius 2 is 1.69 bits per heavy atom. The third-order valence-corrected chi connectivity index (χ3v) is 6.70. The van der Waals surface area contributed by atoms with Crippen molar-refractivity contribution < 1.29 is 13.2 Å². The number of sulfonamides is 1. The lowest BCUT2D eigenvalue weighted by molar-refractivity contribution is -0.115. The summed E-state index contributed by atoms with van der Waals surface area (Å²) in [6.07, 6.45) is 1.81. The summed E-state index contributed by atoms with van der Waals surface area (Å²) in [5.41, 5.74) is 2.91. The van der Waals surface area contributed by atoms with E-state index in [-0.39, 0.29) is 17.2 Å². The molecule has 0 unspecified atom stereocenters. The number of carbonyl (C=O) groups excluding carboxylic acids is 1. The van der Waals surface area contributed by atoms with Gasteiger partial charge in [0.25, 0.3) is 10.0 Å². The van der Waals surface area contributed by atoms with Crippen LogP contribution in [0.2, 0.25) is 5.02 Å². The van der Waals surface area contributed by atoms with Gasteiger partial charge in [0.15, 0.2) is 0 Å². The number of para-hydroxylation sites is 1. The van der Waals surface area contributed by atoms with Crippen molar-refractivity contribution in [3.05, 3.63) is 95.1 Å². The number of aromatic nitrogens is 1. The van der Waals surface area contributed by atoms with Gasteiger partial charge in [0.2, 0.25) is 5.91 Å². The van der Waals surface area contributed by atoms with Gasteiger partial charge < -0.3 is 5.32 Å². The number of benzene rings is 3. The zero-order valence-corrected chi connectivity index (χ0v) is 18.7. The van der Waals surface area contributed by atoms with Gasteiger partial charge in [-0.15, -0.1) is 0 Å². The first-order valence-electron chi connectivity index (χ1n) is 9.83. The maximum atomic E-state index is 12.9. The number of pyridine rings is 1. The molecule has 0 aliphatic heterocycles. The van der Waals surface area contributed by atoms with Crippen LogP contribution >= 0.6 is 11.6 Å². The zero-order valence-electron chi connectivity index (χ0n) is 17.2. The van der Waals surface area contributed by atoms with Crippen molar-refractivity contribution in [2.75, 3.05) is 10.0 Å². The molecule has 1 aromatic heterocycles. The summed E-state index contributed by atoms with van der Waals surface area (Å²) in [6, 6.07) is 20.6. The van der Waals surface area contributed by atoms with E-state index < -0.39 is 10.0 Å². The third kappa shape index (κ3) is 4.90. The van der Waals surface area contributed by atoms with Crippen LogP contribution in [0.1, 0.15) is 11.1 Å². The van der Waals surface area contributed by atoms with E-state index in [2.05, 4.69) is 15.0 Å². The van der Waals surface area contributed by atoms with Crippen LogP contribution in [0.15, 0.2) is 83.9 Å². The van der Waals surface area contributed by atoms with Gasteiger partial charge in [0, 0.05) is 28.0 Å². The van der Waals surface area contributed by atoms with Crippen molar-refractivity contribution in [1.82, 2.24) is 4.98 Å². The Morgan fingerprint density at radius 1 is 0.969 bits per heavy atom. The van der Waals surface area contributed by atoms with E-state index in [0.717, 1.165) is 16.5 Å². The van der Waals surface area contributed by atoms with Crippen LogP contribution in [0.4, 0.5) is 11.4 Å². The Hall–Kier alpha value is -3.42. The standard InChI is InChI=1S/C24H20ClN3O3S/c1-16-7-10-21(15-22(16)32(30,31)28-20-11-8-19(25)9-12-20)27-23(29)14-18-5-2-4-17-6-3-13-26-24(17)18/h2-13,15,28H,14H2,1H3,(H,27,29). The first-order valence-corrected chi connectivity index (χ1v) is 11.7. The Labute approximate surface area is 191 Å². The summed E-state index contributed by atoms with van der Waals surface area (Å²) < 4.78 is 28.4. The second kappa shape index (κ2) is 8.98. The molecule has 0 aliphatic rings. The normalized spacial score (nSPS) is 11.3. The highest BCUT2D eigenvalue weighted by Gasteiger charge is 2.18. The van der Waals surface area contributed by atoms with E-state index in [0.29, 0.717) is 22.0 Å². The second-order valence-corrected chi connectivity index (χ2v) is 9.40. The number of amides is 1. The summed E-state index contributed by atoms with van der Waals surface area (Å²) in [6.45, 7) is 1.70. The number of nitrogens with zero attached hydrogens (tertiary/aromatic N) is 1. The molecule has 0 radical (unpaired) electrons. The molecule has 0 atom stereocenters. The number of halogens is 1. The van der Waals surface area contributed by atoms with Gasteiger partial charge in [-0.3, -0.25) is 14.5 Å². The SMILES string of the molecule is Cc1ccc(NC(=O)Cc2cccc3cccnc23)cc1S(=O)(=O)Nc1ccc(Cl)cc1. The third-order valence-electron chi connectivity index (χ3n) is 4.93. The molecule has 0 fully saturated rings. The van der Waals surface area contributed by atoms with Gasteiger partial charge in [0.1, 0.15) is 0 Å². The van der Waals surface area contributed by atoms with Gasteiger partial charge in [-0.1, -0.05) is 41.9 Å². The molecule has 3 aromatic carbocycles. The molecule has 0 spiro atoms. The fourth-order valence-electron chi connectivity index (χ4n) is 3.38. The molecule has 32 heavy (non-hydrogen) atoms. The largest absolute Gasteiger partial charge is 0.326 e. The van der Waals surface area contributed by atoms with Gasteiger partial charge in [-0.05, 0) is 60.5 Å². The number of nitrogens with one attached hydrogen (secondary N) is 2. The molecule has 8 heteroatoms. The average molecular weight is 466 g/mol. The summed E-state index contributed by atoms with van der Waals surface area (Å²) in [5, 5.41) is 4.25. The molecule has 4 rings (SSSR count). The molecule has 0 aliphatic carbocycles. The zero-order chi connectivity index (χ0) is 22.7. The maximum absolute atomic E-state index is 12.9. The van der Waals surface area contributed by atoms with E-state index in [1.165, 1.54) is 6.07 Å². The van der Waals surface area contributed by atoms with E-state index in [1.807, 2.05) is 30.3 Å². The predicted molar refractivity (Wildman–Crippen MR) is 128 cm³/mol. The lowest BCUT2D eigenvalue weighted by atomic mass is 10.1. The number of hydrogen-bond acceptors (Lipinski definition) is 4. The number of anilines is 2. The predicted octanol–water partition coefficient (Wildman–Crippen LogP) is 5.18. The van der Waals surface area contributed by atoms with E-state index in [1.54, 1.807) is 49.5 Å². The molecule has 0 saturated heterocycles. The quantitative estimate of drug-likeness (QED) is 0.410. The topological polar surface area (TPSA) is 88.2 Å². The van der Waals surface area contributed by atoms with E-state index in [4.69, 9.17) is 11.6 Å². The van der Waals surface area contributed by atoms with Crippen molar-refractivity contribution in [1.29, 1.82) is 0 Å². The number of fused-ring (bicyclic) bond motifs is 1. The lowest BCUT2D eigenvalue weighted by Crippen LogP contribution is -2.17. The highest BCUT2D eigenvalue weighted by Crippen LogP contribution is 2.24. The van der Waals surface area contributed by atoms with Gasteiger partial charge >= 0.3 is 0 Å². The smallest absolute Gasteiger partial charge is 0.262 e. The van der Waals surface area contributed by atoms with Gasteiger partial charge in [-0.25, -0.2) is 8.42 Å². The number of hydrogen-bond donors (Lipinski definition) is 2. The van der Waals surface area contributed by atoms with E-state index in [9.17, 15) is 13.2 Å². The minimum atomic E-state index is -3.86. The van der Waals surface area contributed by atoms with Crippen molar-refractivity contribution in [2.45, 2.75) is 18.2 Å². The molecule has 6 nitrogen and oxygen atoms in total. The highest BCUT2D eigenvalue weighted by atomic mass is 35.5. The number of rotatable bonds is 6. The average Bonchev–Trinajstić information content (AvgIpc) is 2.77. The summed E-state index contributed by atoms with van der Waals surface area (Å²) >= 11 is 5.86. The minimum absolute atomic E-state index is 0.0806. The first-order chi connectivity index (χ1) is 15.3. The summed E-state index contributed by atoms with van der Waals surface area (Å²) in [7, 11) is -3.86. The molecule has 0 bridgehead atoms. The Bertz CT molecular complexity index is 1400. The highest BCUT2D eigenvalue weighted by molar-refractivity contribution is 7.92. The van der Waals surface area contributed by atoms with Crippen LogP contribution < -0.4 is 10.0 Å². The fraction of sp³-hybridized carbons (Fsp3) is 0.0833. The van der Waals surface area contributed by atoms with Crippen molar-refractivity contribution >= 4 is 49.8 Å². The Morgan fingerprint density at radius 3 is 2.47 bits per heavy atom. The molecule has 4 aromatic rings. The van der Waals surface area contributed by atoms with Crippen LogP contribution in [0, 0.1) is 6.92 Å². The minimum Gasteiger partial charge on any atom is -0.326 e. The Kier molecular flexibility index (Phi) is 6.12. The first kappa shape index (κ1) is 21.8. The van der Waals surface area contributed by atoms with Crippen LogP contribution in [-0.2, 0) is 21.2 Å². The van der Waals surface area contributed by atoms with Gasteiger partial charge in [-0.2, -0.15) is 0 Å². The summed E-state index contributed by atoms with van der Waals surface area (Å²) in [4.78, 5) is 17.1. The van der Waals surface area contributed by atoms with Crippen molar-refractivity contribution in [3.8, 4) is 0 Å². The fourth-order valence-corrected chi connectivity index (χ4v) is 4.84. The summed E-state index contributed by atoms with van der Waals surface area (Å²) in [5.74, 6) is -0.263. The molecule has 1 amide bonds. The molecule has 162 valence electrons. The van der Waals surface area contributed by atoms with Crippen LogP contribution in [0.25, 0.3) is 10.9 Å². The molecular formula is C24H20ClN3O3S. The second-order valence-electron chi connectivity index (χ2n) is 7.31. The number of carbonyl (C=O) groups is 1. The van der Waals surface area contributed by atoms with Crippen LogP contribution in [0.5, 0.6) is 0 Å². The molecule has 0 saturated carbocycles. The monoisotopic (exact) mass is 465 g/mol. The molecule has 2 N–H and O–H groups in total.